The lowest BCUT2D eigenvalue weighted by molar-refractivity contribution is -0.141. The first kappa shape index (κ1) is 36.1. The molecule has 0 fully saturated rings. The Hall–Kier alpha value is -5.09. The summed E-state index contributed by atoms with van der Waals surface area (Å²) < 4.78 is 73.4. The summed E-state index contributed by atoms with van der Waals surface area (Å²) in [5.74, 6) is -21.2. The molecular weight excluding hydrogens is 617 g/mol. The predicted molar refractivity (Wildman–Crippen MR) is 143 cm³/mol. The van der Waals surface area contributed by atoms with Crippen LogP contribution in [0.2, 0.25) is 0 Å². The van der Waals surface area contributed by atoms with E-state index in [-0.39, 0.29) is 24.3 Å². The number of nitrogens with one attached hydrogen (secondary N) is 3. The number of carboxylic acid groups (broad SMARTS) is 2. The van der Waals surface area contributed by atoms with E-state index < -0.39 is 108 Å². The maximum Gasteiger partial charge on any atom is 0.305 e. The van der Waals surface area contributed by atoms with Crippen molar-refractivity contribution >= 4 is 41.6 Å². The molecule has 0 heterocycles. The van der Waals surface area contributed by atoms with E-state index in [2.05, 4.69) is 16.0 Å². The number of halogens is 5. The van der Waals surface area contributed by atoms with E-state index in [1.54, 1.807) is 13.8 Å². The fourth-order valence-corrected chi connectivity index (χ4v) is 3.88. The number of hydrogen-bond donors (Lipinski definition) is 5. The second kappa shape index (κ2) is 16.1. The van der Waals surface area contributed by atoms with Gasteiger partial charge in [-0.05, 0) is 30.9 Å². The highest BCUT2D eigenvalue weighted by Crippen LogP contribution is 2.33. The van der Waals surface area contributed by atoms with Crippen molar-refractivity contribution in [2.45, 2.75) is 51.6 Å². The molecule has 0 radical (unpaired) electrons. The van der Waals surface area contributed by atoms with E-state index in [0.29, 0.717) is 0 Å². The summed E-state index contributed by atoms with van der Waals surface area (Å²) in [7, 11) is 0. The average molecular weight is 646 g/mol. The first-order chi connectivity index (χ1) is 21.0. The summed E-state index contributed by atoms with van der Waals surface area (Å²) in [5.41, 5.74) is -0.171. The van der Waals surface area contributed by atoms with Gasteiger partial charge < -0.3 is 35.7 Å². The zero-order valence-electron chi connectivity index (χ0n) is 23.7. The zero-order chi connectivity index (χ0) is 34.0. The van der Waals surface area contributed by atoms with E-state index in [4.69, 9.17) is 14.9 Å². The van der Waals surface area contributed by atoms with Crippen LogP contribution in [0.25, 0.3) is 0 Å². The van der Waals surface area contributed by atoms with Gasteiger partial charge in [0, 0.05) is 18.2 Å². The fraction of sp³-hybridized carbons (Fsp3) is 0.357. The molecule has 2 aromatic carbocycles. The van der Waals surface area contributed by atoms with E-state index in [9.17, 15) is 50.7 Å². The molecule has 3 unspecified atom stereocenters. The molecule has 3 atom stereocenters. The Labute approximate surface area is 251 Å². The van der Waals surface area contributed by atoms with Gasteiger partial charge in [0.15, 0.2) is 0 Å². The second-order valence-corrected chi connectivity index (χ2v) is 10.0. The Kier molecular flexibility index (Phi) is 12.9. The smallest absolute Gasteiger partial charge is 0.305 e. The number of carbonyl (C=O) groups excluding carboxylic acids is 4. The van der Waals surface area contributed by atoms with Crippen LogP contribution >= 0.6 is 0 Å². The number of anilines is 1. The van der Waals surface area contributed by atoms with E-state index in [0.717, 1.165) is 12.1 Å². The molecule has 0 saturated carbocycles. The highest BCUT2D eigenvalue weighted by Gasteiger charge is 2.33. The Bertz CT molecular complexity index is 1440. The molecular formula is C28H28F5N3O9. The standard InChI is InChI=1S/C28H28F5N3O9/c1-12(2)8-16(26(42)35-14(11-37)10-19(40)41)27(43)36-17(6-7-18(38)39)28(44)34-13-4-3-5-15(9-13)45-25-23(32)21(30)20(29)22(31)24(25)33/h3-5,9,11-12,14,16-17H,6-8,10H2,1-2H3,(H,34,44)(H,35,42)(H,36,43)(H,38,39)(H,40,41). The van der Waals surface area contributed by atoms with Crippen LogP contribution in [0.1, 0.15) is 39.5 Å². The molecule has 2 rings (SSSR count). The van der Waals surface area contributed by atoms with Gasteiger partial charge in [0.25, 0.3) is 0 Å². The van der Waals surface area contributed by atoms with Crippen molar-refractivity contribution in [3.05, 3.63) is 53.4 Å². The predicted octanol–water partition coefficient (Wildman–Crippen LogP) is 3.28. The largest absolute Gasteiger partial charge is 0.481 e. The van der Waals surface area contributed by atoms with Gasteiger partial charge in [-0.3, -0.25) is 24.0 Å². The summed E-state index contributed by atoms with van der Waals surface area (Å²) in [6, 6.07) is 1.34. The number of carbonyl (C=O) groups is 6. The van der Waals surface area contributed by atoms with Gasteiger partial charge in [-0.1, -0.05) is 19.9 Å². The molecule has 0 spiro atoms. The second-order valence-electron chi connectivity index (χ2n) is 10.0. The molecule has 45 heavy (non-hydrogen) atoms. The number of aliphatic carboxylic acids is 2. The van der Waals surface area contributed by atoms with Crippen LogP contribution < -0.4 is 20.7 Å². The van der Waals surface area contributed by atoms with Crippen molar-refractivity contribution in [3.63, 3.8) is 0 Å². The van der Waals surface area contributed by atoms with Crippen molar-refractivity contribution in [2.24, 2.45) is 11.8 Å². The molecule has 17 heteroatoms. The molecule has 2 aromatic rings. The normalized spacial score (nSPS) is 12.9. The molecule has 0 aliphatic rings. The highest BCUT2D eigenvalue weighted by molar-refractivity contribution is 6.04. The summed E-state index contributed by atoms with van der Waals surface area (Å²) in [6.07, 6.45) is -1.82. The minimum Gasteiger partial charge on any atom is -0.481 e. The van der Waals surface area contributed by atoms with Gasteiger partial charge in [0.2, 0.25) is 52.6 Å². The average Bonchev–Trinajstić information content (AvgIpc) is 2.97. The van der Waals surface area contributed by atoms with E-state index in [1.165, 1.54) is 12.1 Å². The molecule has 244 valence electrons. The lowest BCUT2D eigenvalue weighted by Crippen LogP contribution is -2.51. The lowest BCUT2D eigenvalue weighted by atomic mass is 9.94. The molecule has 0 saturated heterocycles. The SMILES string of the molecule is CC(C)CC(C(=O)NC(C=O)CC(=O)O)C(=O)NC(CCC(=O)O)C(=O)Nc1cccc(Oc2c(F)c(F)c(F)c(F)c2F)c1. The third-order valence-corrected chi connectivity index (χ3v) is 6.00. The van der Waals surface area contributed by atoms with Gasteiger partial charge in [-0.15, -0.1) is 0 Å². The number of carboxylic acids is 2. The number of amides is 3. The maximum absolute atomic E-state index is 14.0. The monoisotopic (exact) mass is 645 g/mol. The minimum absolute atomic E-state index is 0.110. The van der Waals surface area contributed by atoms with Crippen LogP contribution in [0.3, 0.4) is 0 Å². The van der Waals surface area contributed by atoms with Gasteiger partial charge in [-0.25, -0.2) is 13.2 Å². The number of aldehydes is 1. The molecule has 5 N–H and O–H groups in total. The summed E-state index contributed by atoms with van der Waals surface area (Å²) in [4.78, 5) is 72.4. The first-order valence-electron chi connectivity index (χ1n) is 13.1. The molecule has 12 nitrogen and oxygen atoms in total. The summed E-state index contributed by atoms with van der Waals surface area (Å²) in [6.45, 7) is 3.30. The summed E-state index contributed by atoms with van der Waals surface area (Å²) >= 11 is 0. The topological polar surface area (TPSA) is 188 Å². The Morgan fingerprint density at radius 2 is 1.42 bits per heavy atom. The zero-order valence-corrected chi connectivity index (χ0v) is 23.7. The first-order valence-corrected chi connectivity index (χ1v) is 13.1. The Morgan fingerprint density at radius 1 is 0.844 bits per heavy atom. The molecule has 0 aliphatic carbocycles. The van der Waals surface area contributed by atoms with Crippen LogP contribution in [0.4, 0.5) is 27.6 Å². The van der Waals surface area contributed by atoms with Crippen LogP contribution in [-0.2, 0) is 28.8 Å². The molecule has 3 amide bonds. The lowest BCUT2D eigenvalue weighted by Gasteiger charge is -2.24. The van der Waals surface area contributed by atoms with Crippen LogP contribution in [0.5, 0.6) is 11.5 Å². The minimum atomic E-state index is -2.40. The van der Waals surface area contributed by atoms with Crippen LogP contribution in [0, 0.1) is 40.9 Å². The van der Waals surface area contributed by atoms with Crippen LogP contribution in [0.15, 0.2) is 24.3 Å². The van der Waals surface area contributed by atoms with Gasteiger partial charge in [0.1, 0.15) is 24.0 Å². The third kappa shape index (κ3) is 10.3. The molecule has 0 aromatic heterocycles. The van der Waals surface area contributed by atoms with Gasteiger partial charge in [-0.2, -0.15) is 8.78 Å². The van der Waals surface area contributed by atoms with Crippen molar-refractivity contribution in [3.8, 4) is 11.5 Å². The maximum atomic E-state index is 14.0. The third-order valence-electron chi connectivity index (χ3n) is 6.00. The highest BCUT2D eigenvalue weighted by atomic mass is 19.2. The Balaban J connectivity index is 2.29. The van der Waals surface area contributed by atoms with Crippen molar-refractivity contribution in [2.75, 3.05) is 5.32 Å². The quantitative estimate of drug-likeness (QED) is 0.0600. The van der Waals surface area contributed by atoms with Gasteiger partial charge >= 0.3 is 11.9 Å². The fourth-order valence-electron chi connectivity index (χ4n) is 3.88. The van der Waals surface area contributed by atoms with E-state index >= 15 is 0 Å². The van der Waals surface area contributed by atoms with Crippen molar-refractivity contribution in [1.29, 1.82) is 0 Å². The van der Waals surface area contributed by atoms with E-state index in [1.807, 2.05) is 0 Å². The number of ether oxygens (including phenoxy) is 1. The number of rotatable bonds is 16. The summed E-state index contributed by atoms with van der Waals surface area (Å²) in [5, 5.41) is 24.7. The Morgan fingerprint density at radius 3 is 1.96 bits per heavy atom. The van der Waals surface area contributed by atoms with Crippen molar-refractivity contribution in [1.82, 2.24) is 10.6 Å². The number of hydrogen-bond acceptors (Lipinski definition) is 7. The van der Waals surface area contributed by atoms with Crippen molar-refractivity contribution < 1.29 is 65.7 Å². The molecule has 0 aliphatic heterocycles. The number of benzene rings is 2. The molecule has 0 bridgehead atoms. The van der Waals surface area contributed by atoms with Gasteiger partial charge in [0.05, 0.1) is 12.5 Å². The van der Waals surface area contributed by atoms with Crippen LogP contribution in [-0.4, -0.2) is 58.2 Å².